The van der Waals surface area contributed by atoms with Gasteiger partial charge in [0.15, 0.2) is 11.6 Å². The molecule has 20 heavy (non-hydrogen) atoms. The third-order valence-electron chi connectivity index (χ3n) is 2.60. The molecule has 0 bridgehead atoms. The minimum atomic E-state index is -0.920. The highest BCUT2D eigenvalue weighted by Gasteiger charge is 2.08. The van der Waals surface area contributed by atoms with E-state index in [0.29, 0.717) is 11.3 Å². The summed E-state index contributed by atoms with van der Waals surface area (Å²) in [7, 11) is 0. The summed E-state index contributed by atoms with van der Waals surface area (Å²) in [5, 5.41) is 0. The Kier molecular flexibility index (Phi) is 5.31. The van der Waals surface area contributed by atoms with Crippen LogP contribution in [0.25, 0.3) is 0 Å². The number of carbonyl (C=O) groups is 1. The molecule has 0 heterocycles. The SMILES string of the molecule is O=C(CSc1ccc(Br)cc1)Cc1ccc(F)c(F)c1. The molecule has 2 aromatic rings. The average molecular weight is 357 g/mol. The average Bonchev–Trinajstić information content (AvgIpc) is 2.42. The second-order valence-electron chi connectivity index (χ2n) is 4.21. The Balaban J connectivity index is 1.89. The third kappa shape index (κ3) is 4.42. The first kappa shape index (κ1) is 15.2. The van der Waals surface area contributed by atoms with E-state index in [2.05, 4.69) is 15.9 Å². The predicted octanol–water partition coefficient (Wildman–Crippen LogP) is 4.63. The van der Waals surface area contributed by atoms with E-state index in [1.165, 1.54) is 17.8 Å². The standard InChI is InChI=1S/C15H11BrF2OS/c16-11-2-4-13(5-3-11)20-9-12(19)7-10-1-6-14(17)15(18)8-10/h1-6,8H,7,9H2. The summed E-state index contributed by atoms with van der Waals surface area (Å²) in [4.78, 5) is 12.8. The van der Waals surface area contributed by atoms with Crippen molar-refractivity contribution in [3.63, 3.8) is 0 Å². The van der Waals surface area contributed by atoms with E-state index in [1.807, 2.05) is 24.3 Å². The van der Waals surface area contributed by atoms with Crippen LogP contribution in [0.3, 0.4) is 0 Å². The van der Waals surface area contributed by atoms with Crippen LogP contribution in [0, 0.1) is 11.6 Å². The molecule has 0 saturated carbocycles. The van der Waals surface area contributed by atoms with Gasteiger partial charge in [-0.15, -0.1) is 11.8 Å². The van der Waals surface area contributed by atoms with Crippen molar-refractivity contribution >= 4 is 33.5 Å². The first-order valence-corrected chi connectivity index (χ1v) is 7.66. The maximum absolute atomic E-state index is 13.0. The lowest BCUT2D eigenvalue weighted by atomic mass is 10.1. The number of hydrogen-bond acceptors (Lipinski definition) is 2. The first-order valence-electron chi connectivity index (χ1n) is 5.88. The molecular weight excluding hydrogens is 346 g/mol. The Labute approximate surface area is 128 Å². The molecule has 104 valence electrons. The Hall–Kier alpha value is -1.20. The molecule has 0 aromatic heterocycles. The summed E-state index contributed by atoms with van der Waals surface area (Å²) in [6.45, 7) is 0. The number of benzene rings is 2. The summed E-state index contributed by atoms with van der Waals surface area (Å²) in [5.74, 6) is -1.54. The van der Waals surface area contributed by atoms with Crippen LogP contribution in [0.5, 0.6) is 0 Å². The fourth-order valence-electron chi connectivity index (χ4n) is 1.62. The lowest BCUT2D eigenvalue weighted by Crippen LogP contribution is -2.06. The number of Topliss-reactive ketones (excluding diaryl/α,β-unsaturated/α-hetero) is 1. The van der Waals surface area contributed by atoms with Crippen LogP contribution in [-0.4, -0.2) is 11.5 Å². The third-order valence-corrected chi connectivity index (χ3v) is 4.20. The van der Waals surface area contributed by atoms with Crippen LogP contribution in [0.2, 0.25) is 0 Å². The fraction of sp³-hybridized carbons (Fsp3) is 0.133. The van der Waals surface area contributed by atoms with Crippen molar-refractivity contribution < 1.29 is 13.6 Å². The number of halogens is 3. The van der Waals surface area contributed by atoms with E-state index in [-0.39, 0.29) is 12.2 Å². The van der Waals surface area contributed by atoms with E-state index < -0.39 is 11.6 Å². The molecule has 0 aliphatic rings. The van der Waals surface area contributed by atoms with E-state index in [4.69, 9.17) is 0 Å². The van der Waals surface area contributed by atoms with Gasteiger partial charge in [-0.1, -0.05) is 22.0 Å². The minimum absolute atomic E-state index is 0.0241. The fourth-order valence-corrected chi connectivity index (χ4v) is 2.65. The quantitative estimate of drug-likeness (QED) is 0.726. The van der Waals surface area contributed by atoms with Crippen LogP contribution < -0.4 is 0 Å². The van der Waals surface area contributed by atoms with E-state index >= 15 is 0 Å². The van der Waals surface area contributed by atoms with Gasteiger partial charge in [-0.05, 0) is 42.0 Å². The Bertz CT molecular complexity index is 614. The van der Waals surface area contributed by atoms with E-state index in [0.717, 1.165) is 21.5 Å². The highest BCUT2D eigenvalue weighted by atomic mass is 79.9. The monoisotopic (exact) mass is 356 g/mol. The summed E-state index contributed by atoms with van der Waals surface area (Å²) in [6, 6.07) is 11.2. The molecule has 0 radical (unpaired) electrons. The van der Waals surface area contributed by atoms with Crippen LogP contribution >= 0.6 is 27.7 Å². The number of thioether (sulfide) groups is 1. The van der Waals surface area contributed by atoms with Crippen LogP contribution in [0.15, 0.2) is 51.8 Å². The molecule has 0 saturated heterocycles. The second kappa shape index (κ2) is 6.99. The number of carbonyl (C=O) groups excluding carboxylic acids is 1. The molecule has 2 rings (SSSR count). The second-order valence-corrected chi connectivity index (χ2v) is 6.17. The van der Waals surface area contributed by atoms with Gasteiger partial charge in [0.05, 0.1) is 5.75 Å². The zero-order chi connectivity index (χ0) is 14.5. The highest BCUT2D eigenvalue weighted by molar-refractivity contribution is 9.10. The van der Waals surface area contributed by atoms with Gasteiger partial charge >= 0.3 is 0 Å². The van der Waals surface area contributed by atoms with Crippen LogP contribution in [0.4, 0.5) is 8.78 Å². The zero-order valence-electron chi connectivity index (χ0n) is 10.4. The smallest absolute Gasteiger partial charge is 0.159 e. The Morgan fingerprint density at radius 1 is 1.05 bits per heavy atom. The van der Waals surface area contributed by atoms with Crippen molar-refractivity contribution in [2.24, 2.45) is 0 Å². The molecule has 0 spiro atoms. The molecule has 0 unspecified atom stereocenters. The van der Waals surface area contributed by atoms with Gasteiger partial charge < -0.3 is 0 Å². The molecule has 1 nitrogen and oxygen atoms in total. The summed E-state index contributed by atoms with van der Waals surface area (Å²) < 4.78 is 26.8. The van der Waals surface area contributed by atoms with Gasteiger partial charge in [0, 0.05) is 15.8 Å². The van der Waals surface area contributed by atoms with E-state index in [1.54, 1.807) is 0 Å². The zero-order valence-corrected chi connectivity index (χ0v) is 12.8. The topological polar surface area (TPSA) is 17.1 Å². The van der Waals surface area contributed by atoms with E-state index in [9.17, 15) is 13.6 Å². The van der Waals surface area contributed by atoms with Crippen LogP contribution in [0.1, 0.15) is 5.56 Å². The first-order chi connectivity index (χ1) is 9.54. The molecule has 0 N–H and O–H groups in total. The largest absolute Gasteiger partial charge is 0.298 e. The normalized spacial score (nSPS) is 10.6. The summed E-state index contributed by atoms with van der Waals surface area (Å²) in [6.07, 6.45) is 0.112. The molecule has 0 atom stereocenters. The van der Waals surface area contributed by atoms with Crippen molar-refractivity contribution in [2.45, 2.75) is 11.3 Å². The lowest BCUT2D eigenvalue weighted by Gasteiger charge is -2.03. The highest BCUT2D eigenvalue weighted by Crippen LogP contribution is 2.21. The van der Waals surface area contributed by atoms with Crippen LogP contribution in [-0.2, 0) is 11.2 Å². The molecule has 0 fully saturated rings. The van der Waals surface area contributed by atoms with Crippen molar-refractivity contribution in [1.82, 2.24) is 0 Å². The van der Waals surface area contributed by atoms with Crippen molar-refractivity contribution in [2.75, 3.05) is 5.75 Å². The Morgan fingerprint density at radius 3 is 2.40 bits per heavy atom. The molecule has 0 aliphatic heterocycles. The maximum Gasteiger partial charge on any atom is 0.159 e. The Morgan fingerprint density at radius 2 is 1.75 bits per heavy atom. The maximum atomic E-state index is 13.0. The number of ketones is 1. The molecule has 2 aromatic carbocycles. The van der Waals surface area contributed by atoms with Gasteiger partial charge in [-0.25, -0.2) is 8.78 Å². The summed E-state index contributed by atoms with van der Waals surface area (Å²) in [5.41, 5.74) is 0.491. The van der Waals surface area contributed by atoms with Gasteiger partial charge in [-0.2, -0.15) is 0 Å². The van der Waals surface area contributed by atoms with Crippen molar-refractivity contribution in [3.05, 3.63) is 64.1 Å². The lowest BCUT2D eigenvalue weighted by molar-refractivity contribution is -0.116. The van der Waals surface area contributed by atoms with Gasteiger partial charge in [0.25, 0.3) is 0 Å². The number of rotatable bonds is 5. The van der Waals surface area contributed by atoms with Gasteiger partial charge in [-0.3, -0.25) is 4.79 Å². The molecular formula is C15H11BrF2OS. The molecule has 0 amide bonds. The predicted molar refractivity (Wildman–Crippen MR) is 79.9 cm³/mol. The summed E-state index contributed by atoms with van der Waals surface area (Å²) >= 11 is 4.77. The number of hydrogen-bond donors (Lipinski definition) is 0. The van der Waals surface area contributed by atoms with Crippen molar-refractivity contribution in [1.29, 1.82) is 0 Å². The van der Waals surface area contributed by atoms with Gasteiger partial charge in [0.1, 0.15) is 5.78 Å². The minimum Gasteiger partial charge on any atom is -0.298 e. The molecule has 0 aliphatic carbocycles. The van der Waals surface area contributed by atoms with Gasteiger partial charge in [0.2, 0.25) is 0 Å². The van der Waals surface area contributed by atoms with Crippen molar-refractivity contribution in [3.8, 4) is 0 Å². The molecule has 5 heteroatoms.